The zero-order valence-corrected chi connectivity index (χ0v) is 19.7. The van der Waals surface area contributed by atoms with Gasteiger partial charge in [0.2, 0.25) is 0 Å². The van der Waals surface area contributed by atoms with Gasteiger partial charge in [-0.3, -0.25) is 14.0 Å². The smallest absolute Gasteiger partial charge is 0.338 e. The van der Waals surface area contributed by atoms with Gasteiger partial charge in [0.1, 0.15) is 0 Å². The van der Waals surface area contributed by atoms with E-state index in [0.29, 0.717) is 20.6 Å². The molecule has 3 heterocycles. The molecule has 0 amide bonds. The lowest BCUT2D eigenvalue weighted by molar-refractivity contribution is -0.139. The van der Waals surface area contributed by atoms with Crippen molar-refractivity contribution in [2.75, 3.05) is 6.61 Å². The van der Waals surface area contributed by atoms with Gasteiger partial charge in [0.25, 0.3) is 5.56 Å². The number of aryl methyl sites for hydroxylation is 2. The zero-order chi connectivity index (χ0) is 23.0. The fourth-order valence-corrected chi connectivity index (χ4v) is 5.13. The van der Waals surface area contributed by atoms with Gasteiger partial charge in [-0.25, -0.2) is 9.79 Å². The molecule has 8 heteroatoms. The van der Waals surface area contributed by atoms with Gasteiger partial charge in [0.15, 0.2) is 4.80 Å². The van der Waals surface area contributed by atoms with Gasteiger partial charge in [0, 0.05) is 17.8 Å². The van der Waals surface area contributed by atoms with Gasteiger partial charge in [-0.2, -0.15) is 5.10 Å². The summed E-state index contributed by atoms with van der Waals surface area (Å²) >= 11 is 1.33. The van der Waals surface area contributed by atoms with Crippen LogP contribution in [0.2, 0.25) is 0 Å². The lowest BCUT2D eigenvalue weighted by Crippen LogP contribution is -2.39. The third-order valence-electron chi connectivity index (χ3n) is 5.64. The molecule has 0 radical (unpaired) electrons. The maximum absolute atomic E-state index is 13.6. The van der Waals surface area contributed by atoms with E-state index in [1.807, 2.05) is 61.9 Å². The summed E-state index contributed by atoms with van der Waals surface area (Å²) < 4.78 is 9.42. The molecule has 1 aliphatic heterocycles. The first-order valence-electron chi connectivity index (χ1n) is 10.7. The maximum atomic E-state index is 13.6. The van der Waals surface area contributed by atoms with Gasteiger partial charge < -0.3 is 4.74 Å². The Kier molecular flexibility index (Phi) is 5.97. The molecule has 3 aromatic rings. The molecule has 1 atom stereocenters. The number of fused-ring (bicyclic) bond motifs is 1. The van der Waals surface area contributed by atoms with Crippen LogP contribution in [-0.2, 0) is 16.1 Å². The molecule has 1 aliphatic rings. The molecule has 2 aromatic heterocycles. The Morgan fingerprint density at radius 1 is 1.19 bits per heavy atom. The molecule has 0 unspecified atom stereocenters. The number of nitrogens with zero attached hydrogens (tertiary/aromatic N) is 4. The highest BCUT2D eigenvalue weighted by atomic mass is 32.1. The highest BCUT2D eigenvalue weighted by Gasteiger charge is 2.33. The molecule has 1 aromatic carbocycles. The number of ether oxygens (including phenoxy) is 1. The molecular formula is C24H26N4O3S. The van der Waals surface area contributed by atoms with Crippen LogP contribution in [-0.4, -0.2) is 26.9 Å². The minimum Gasteiger partial charge on any atom is -0.463 e. The zero-order valence-electron chi connectivity index (χ0n) is 18.9. The van der Waals surface area contributed by atoms with E-state index in [1.54, 1.807) is 18.4 Å². The van der Waals surface area contributed by atoms with Crippen molar-refractivity contribution in [3.8, 4) is 0 Å². The van der Waals surface area contributed by atoms with Crippen LogP contribution < -0.4 is 14.9 Å². The van der Waals surface area contributed by atoms with Crippen molar-refractivity contribution in [3.05, 3.63) is 83.8 Å². The predicted molar refractivity (Wildman–Crippen MR) is 124 cm³/mol. The molecule has 4 rings (SSSR count). The average Bonchev–Trinajstić information content (AvgIpc) is 3.23. The van der Waals surface area contributed by atoms with Gasteiger partial charge in [-0.15, -0.1) is 0 Å². The Bertz CT molecular complexity index is 1390. The number of benzene rings is 1. The molecule has 7 nitrogen and oxygen atoms in total. The Labute approximate surface area is 190 Å². The number of carbonyl (C=O) groups excluding carboxylic acids is 1. The van der Waals surface area contributed by atoms with Crippen molar-refractivity contribution >= 4 is 23.4 Å². The van der Waals surface area contributed by atoms with Crippen LogP contribution in [0.1, 0.15) is 49.3 Å². The van der Waals surface area contributed by atoms with Crippen LogP contribution in [0.25, 0.3) is 6.08 Å². The van der Waals surface area contributed by atoms with E-state index in [1.165, 1.54) is 11.3 Å². The summed E-state index contributed by atoms with van der Waals surface area (Å²) in [6.45, 7) is 10.6. The molecule has 0 fully saturated rings. The molecule has 0 bridgehead atoms. The highest BCUT2D eigenvalue weighted by molar-refractivity contribution is 7.07. The second kappa shape index (κ2) is 8.70. The SMILES string of the molecule is CCOC(=O)C1=C(C)N=c2s/c(=C/c3c(C)nn(CC)c3C)c(=O)n2[C@H]1c1ccccc1. The molecule has 32 heavy (non-hydrogen) atoms. The van der Waals surface area contributed by atoms with E-state index < -0.39 is 12.0 Å². The van der Waals surface area contributed by atoms with Gasteiger partial charge in [-0.05, 0) is 46.3 Å². The van der Waals surface area contributed by atoms with Crippen molar-refractivity contribution in [2.45, 2.75) is 47.2 Å². The summed E-state index contributed by atoms with van der Waals surface area (Å²) in [5, 5.41) is 4.56. The number of hydrogen-bond acceptors (Lipinski definition) is 6. The van der Waals surface area contributed by atoms with Crippen molar-refractivity contribution in [2.24, 2.45) is 4.99 Å². The number of allylic oxidation sites excluding steroid dienone is 1. The van der Waals surface area contributed by atoms with Crippen LogP contribution in [0.4, 0.5) is 0 Å². The fourth-order valence-electron chi connectivity index (χ4n) is 4.10. The molecule has 0 saturated heterocycles. The van der Waals surface area contributed by atoms with Crippen molar-refractivity contribution in [3.63, 3.8) is 0 Å². The Morgan fingerprint density at radius 3 is 2.53 bits per heavy atom. The Hall–Kier alpha value is -3.26. The molecular weight excluding hydrogens is 424 g/mol. The van der Waals surface area contributed by atoms with E-state index in [9.17, 15) is 9.59 Å². The molecule has 166 valence electrons. The minimum atomic E-state index is -0.589. The van der Waals surface area contributed by atoms with Gasteiger partial charge in [0.05, 0.1) is 34.1 Å². The minimum absolute atomic E-state index is 0.181. The number of aromatic nitrogens is 3. The van der Waals surface area contributed by atoms with Crippen LogP contribution in [0.5, 0.6) is 0 Å². The molecule has 0 N–H and O–H groups in total. The summed E-state index contributed by atoms with van der Waals surface area (Å²) in [6.07, 6.45) is 1.89. The number of carbonyl (C=O) groups is 1. The van der Waals surface area contributed by atoms with E-state index >= 15 is 0 Å². The van der Waals surface area contributed by atoms with Crippen molar-refractivity contribution in [1.29, 1.82) is 0 Å². The van der Waals surface area contributed by atoms with Crippen molar-refractivity contribution < 1.29 is 9.53 Å². The van der Waals surface area contributed by atoms with E-state index in [-0.39, 0.29) is 12.2 Å². The average molecular weight is 451 g/mol. The van der Waals surface area contributed by atoms with Crippen LogP contribution >= 0.6 is 11.3 Å². The van der Waals surface area contributed by atoms with Crippen molar-refractivity contribution in [1.82, 2.24) is 14.3 Å². The number of thiazole rings is 1. The third kappa shape index (κ3) is 3.64. The third-order valence-corrected chi connectivity index (χ3v) is 6.63. The molecule has 0 spiro atoms. The molecule has 0 saturated carbocycles. The lowest BCUT2D eigenvalue weighted by atomic mass is 9.96. The Morgan fingerprint density at radius 2 is 1.91 bits per heavy atom. The standard InChI is InChI=1S/C24H26N4O3S/c1-6-27-16(5)18(14(3)26-27)13-19-22(29)28-21(17-11-9-8-10-12-17)20(23(30)31-7-2)15(4)25-24(28)32-19/h8-13,21H,6-7H2,1-5H3/b19-13+/t21-/m0/s1. The monoisotopic (exact) mass is 450 g/mol. The number of esters is 1. The largest absolute Gasteiger partial charge is 0.463 e. The predicted octanol–water partition coefficient (Wildman–Crippen LogP) is 2.63. The van der Waals surface area contributed by atoms with E-state index in [2.05, 4.69) is 10.1 Å². The van der Waals surface area contributed by atoms with Gasteiger partial charge in [-0.1, -0.05) is 41.7 Å². The van der Waals surface area contributed by atoms with Gasteiger partial charge >= 0.3 is 5.97 Å². The number of hydrogen-bond donors (Lipinski definition) is 0. The summed E-state index contributed by atoms with van der Waals surface area (Å²) in [5.74, 6) is -0.451. The second-order valence-corrected chi connectivity index (χ2v) is 8.62. The highest BCUT2D eigenvalue weighted by Crippen LogP contribution is 2.30. The first-order chi connectivity index (χ1) is 15.4. The van der Waals surface area contributed by atoms with Crippen LogP contribution in [0, 0.1) is 13.8 Å². The second-order valence-electron chi connectivity index (χ2n) is 7.61. The summed E-state index contributed by atoms with van der Waals surface area (Å²) in [7, 11) is 0. The van der Waals surface area contributed by atoms with E-state index in [4.69, 9.17) is 4.74 Å². The molecule has 0 aliphatic carbocycles. The van der Waals surface area contributed by atoms with Crippen LogP contribution in [0.3, 0.4) is 0 Å². The summed E-state index contributed by atoms with van der Waals surface area (Å²) in [6, 6.07) is 8.95. The van der Waals surface area contributed by atoms with E-state index in [0.717, 1.165) is 29.1 Å². The fraction of sp³-hybridized carbons (Fsp3) is 0.333. The lowest BCUT2D eigenvalue weighted by Gasteiger charge is -2.24. The first-order valence-corrected chi connectivity index (χ1v) is 11.5. The number of rotatable bonds is 5. The first kappa shape index (κ1) is 22.0. The van der Waals surface area contributed by atoms with Crippen LogP contribution in [0.15, 0.2) is 51.4 Å². The maximum Gasteiger partial charge on any atom is 0.338 e. The summed E-state index contributed by atoms with van der Waals surface area (Å²) in [5.41, 5.74) is 4.44. The Balaban J connectivity index is 1.97. The normalized spacial score (nSPS) is 16.2. The quantitative estimate of drug-likeness (QED) is 0.560. The topological polar surface area (TPSA) is 78.5 Å². The summed E-state index contributed by atoms with van der Waals surface area (Å²) in [4.78, 5) is 31.7.